The van der Waals surface area contributed by atoms with Gasteiger partial charge in [0.2, 0.25) is 0 Å². The average Bonchev–Trinajstić information content (AvgIpc) is 3.45. The molecule has 0 aromatic heterocycles. The van der Waals surface area contributed by atoms with Crippen LogP contribution in [0.3, 0.4) is 0 Å². The van der Waals surface area contributed by atoms with Gasteiger partial charge in [-0.1, -0.05) is 115 Å². The smallest absolute Gasteiger partial charge is 0.338 e. The van der Waals surface area contributed by atoms with E-state index in [0.717, 1.165) is 72.5 Å². The van der Waals surface area contributed by atoms with Crippen molar-refractivity contribution in [3.63, 3.8) is 0 Å². The molecular weight excluding hydrogens is 1080 g/mol. The Morgan fingerprint density at radius 1 is 0.688 bits per heavy atom. The van der Waals surface area contributed by atoms with Crippen LogP contribution in [0.1, 0.15) is 154 Å². The monoisotopic (exact) mass is 1190 g/mol. The summed E-state index contributed by atoms with van der Waals surface area (Å²) < 4.78 is 70.8. The second-order valence-electron chi connectivity index (χ2n) is 24.8. The lowest BCUT2D eigenvalue weighted by Gasteiger charge is -2.68. The number of esters is 3. The van der Waals surface area contributed by atoms with Crippen LogP contribution in [0.2, 0.25) is 72.5 Å². The van der Waals surface area contributed by atoms with Gasteiger partial charge in [-0.3, -0.25) is 14.4 Å². The molecule has 454 valence electrons. The number of carbonyl (C=O) groups is 4. The highest BCUT2D eigenvalue weighted by Crippen LogP contribution is 2.65. The van der Waals surface area contributed by atoms with Crippen LogP contribution in [0, 0.1) is 16.7 Å². The molecule has 13 atom stereocenters. The second kappa shape index (κ2) is 26.5. The van der Waals surface area contributed by atoms with Gasteiger partial charge < -0.3 is 51.2 Å². The summed E-state index contributed by atoms with van der Waals surface area (Å²) in [5, 5.41) is 14.6. The van der Waals surface area contributed by atoms with E-state index >= 15 is 9.59 Å². The van der Waals surface area contributed by atoms with E-state index in [9.17, 15) is 14.7 Å². The normalized spacial score (nSPS) is 32.7. The zero-order valence-electron chi connectivity index (χ0n) is 52.3. The zero-order chi connectivity index (χ0) is 59.4. The Kier molecular flexibility index (Phi) is 22.1. The molecule has 15 nitrogen and oxygen atoms in total. The van der Waals surface area contributed by atoms with Gasteiger partial charge in [-0.05, 0) is 110 Å². The number of ketones is 1. The summed E-state index contributed by atoms with van der Waals surface area (Å²) in [5.41, 5.74) is -5.81. The molecule has 19 heteroatoms. The Morgan fingerprint density at radius 3 is 1.70 bits per heavy atom. The summed E-state index contributed by atoms with van der Waals surface area (Å²) in [7, 11) is -9.40. The first-order valence-electron chi connectivity index (χ1n) is 31.0. The van der Waals surface area contributed by atoms with Gasteiger partial charge in [0.05, 0.1) is 54.5 Å². The van der Waals surface area contributed by atoms with E-state index in [2.05, 4.69) is 83.1 Å². The van der Waals surface area contributed by atoms with Crippen LogP contribution in [-0.2, 0) is 60.5 Å². The predicted octanol–water partition coefficient (Wildman–Crippen LogP) is 12.6. The average molecular weight is 1190 g/mol. The van der Waals surface area contributed by atoms with Crippen molar-refractivity contribution in [2.24, 2.45) is 16.7 Å². The van der Waals surface area contributed by atoms with Crippen molar-refractivity contribution in [3.8, 4) is 0 Å². The first kappa shape index (κ1) is 66.7. The first-order chi connectivity index (χ1) is 37.8. The van der Waals surface area contributed by atoms with Gasteiger partial charge in [-0.25, -0.2) is 4.79 Å². The van der Waals surface area contributed by atoms with Gasteiger partial charge in [0.15, 0.2) is 57.0 Å². The number of Topliss-reactive ketones (excluding diaryl/α,β-unsaturated/α-hetero) is 1. The third-order valence-electron chi connectivity index (χ3n) is 21.4. The number of fused-ring (bicyclic) bond motifs is 5. The second-order valence-corrected chi connectivity index (χ2v) is 43.8. The number of ether oxygens (including phenoxy) is 6. The molecular formula is C61H104O15Si4. The molecule has 2 aliphatic heterocycles. The summed E-state index contributed by atoms with van der Waals surface area (Å²) in [6.45, 7) is 36.4. The number of rotatable bonds is 27. The lowest BCUT2D eigenvalue weighted by molar-refractivity contribution is -0.346. The number of carbonyl (C=O) groups excluding carboxylic acids is 4. The van der Waals surface area contributed by atoms with Crippen molar-refractivity contribution in [3.05, 3.63) is 47.0 Å². The molecule has 0 radical (unpaired) electrons. The van der Waals surface area contributed by atoms with E-state index in [4.69, 9.17) is 46.1 Å². The van der Waals surface area contributed by atoms with Gasteiger partial charge in [0.1, 0.15) is 23.9 Å². The largest absolute Gasteiger partial charge is 0.455 e. The van der Waals surface area contributed by atoms with E-state index in [1.165, 1.54) is 13.8 Å². The Labute approximate surface area is 484 Å². The van der Waals surface area contributed by atoms with Crippen molar-refractivity contribution in [2.75, 3.05) is 13.2 Å². The SMILES string of the molecule is CC[Si](CC)(CC)OC[C@H]1O[C@@H](O[C@H]2C[C@@]3(O)[C@@H](OC(=O)c4ccccc4)[C@H]4[C@]5(OC(C)=O)CO[C@@H]5C[C@H](O[Si](CC)(CC)CC)[C@@]4(C)C(=O)[C@H](OC(C)=O)C(=C2C)C3(C)C)C[C@@H](O[Si](CC)(CC)CC)[C@H]1O[Si](CC)(CC)CC. The van der Waals surface area contributed by atoms with Crippen LogP contribution in [0.4, 0.5) is 0 Å². The van der Waals surface area contributed by atoms with Gasteiger partial charge in [-0.2, -0.15) is 0 Å². The number of benzene rings is 1. The fraction of sp³-hybridized carbons (Fsp3) is 0.803. The highest BCUT2D eigenvalue weighted by atomic mass is 28.4. The van der Waals surface area contributed by atoms with Crippen LogP contribution >= 0.6 is 0 Å². The number of hydrogen-bond acceptors (Lipinski definition) is 15. The van der Waals surface area contributed by atoms with Crippen molar-refractivity contribution in [1.82, 2.24) is 0 Å². The number of hydrogen-bond donors (Lipinski definition) is 1. The molecule has 1 aromatic rings. The zero-order valence-corrected chi connectivity index (χ0v) is 56.3. The van der Waals surface area contributed by atoms with Crippen molar-refractivity contribution >= 4 is 57.0 Å². The highest BCUT2D eigenvalue weighted by Gasteiger charge is 2.79. The van der Waals surface area contributed by atoms with E-state index in [0.29, 0.717) is 17.6 Å². The maximum absolute atomic E-state index is 16.8. The molecule has 0 amide bonds. The lowest BCUT2D eigenvalue weighted by Crippen LogP contribution is -2.82. The van der Waals surface area contributed by atoms with Crippen LogP contribution in [0.15, 0.2) is 41.5 Å². The molecule has 80 heavy (non-hydrogen) atoms. The molecule has 5 aliphatic rings. The Balaban J connectivity index is 1.63. The molecule has 1 N–H and O–H groups in total. The summed E-state index contributed by atoms with van der Waals surface area (Å²) in [4.78, 5) is 59.2. The number of aliphatic hydroxyl groups is 1. The van der Waals surface area contributed by atoms with E-state index in [1.54, 1.807) is 37.3 Å². The van der Waals surface area contributed by atoms with Crippen LogP contribution < -0.4 is 0 Å². The Bertz CT molecular complexity index is 2280. The molecule has 1 aromatic carbocycles. The van der Waals surface area contributed by atoms with Crippen molar-refractivity contribution in [2.45, 2.75) is 283 Å². The molecule has 2 heterocycles. The summed E-state index contributed by atoms with van der Waals surface area (Å²) in [5.74, 6) is -3.89. The minimum Gasteiger partial charge on any atom is -0.455 e. The molecule has 0 unspecified atom stereocenters. The Morgan fingerprint density at radius 2 is 1.21 bits per heavy atom. The quantitative estimate of drug-likeness (QED) is 0.0380. The lowest BCUT2D eigenvalue weighted by atomic mass is 9.44. The van der Waals surface area contributed by atoms with E-state index < -0.39 is 140 Å². The third-order valence-corrected chi connectivity index (χ3v) is 40.0. The fourth-order valence-corrected chi connectivity index (χ4v) is 26.3. The van der Waals surface area contributed by atoms with Crippen molar-refractivity contribution in [1.29, 1.82) is 0 Å². The minimum absolute atomic E-state index is 0.149. The molecule has 0 spiro atoms. The van der Waals surface area contributed by atoms with E-state index in [1.807, 2.05) is 20.8 Å². The summed E-state index contributed by atoms with van der Waals surface area (Å²) in [6.07, 6.45) is -7.94. The fourth-order valence-electron chi connectivity index (χ4n) is 15.0. The minimum atomic E-state index is -2.60. The maximum Gasteiger partial charge on any atom is 0.338 e. The van der Waals surface area contributed by atoms with E-state index in [-0.39, 0.29) is 31.6 Å². The molecule has 3 aliphatic carbocycles. The maximum atomic E-state index is 16.8. The molecule has 2 saturated carbocycles. The first-order valence-corrected chi connectivity index (χ1v) is 41.1. The topological polar surface area (TPSA) is 181 Å². The van der Waals surface area contributed by atoms with Gasteiger partial charge >= 0.3 is 17.9 Å². The Hall–Kier alpha value is -2.41. The third kappa shape index (κ3) is 12.2. The summed E-state index contributed by atoms with van der Waals surface area (Å²) in [6, 6.07) is 19.2. The van der Waals surface area contributed by atoms with Crippen molar-refractivity contribution < 1.29 is 70.4 Å². The predicted molar refractivity (Wildman–Crippen MR) is 320 cm³/mol. The standard InChI is InChI=1S/C61H104O15Si4/c1-19-77(20-2,21-3)68-39-47-52(76-80(28-10,29-11)30-12)45(74-78(22-4,23-5)24-6)36-50(71-47)70-46-38-61(66)56(72-57(65)44-34-32-31-33-35-44)54-59(18,55(64)53(69-42(14)62)51(41(46)13)58(61,16)17)48(75-79(25-7,26-8)27-9)37-49-60(54,40-67-49)73-43(15)63/h31-35,45-50,52-54,56,66H,19-30,36-40H2,1-18H3/t45-,46+,47-,48+,49-,50-,52-,53-,54-,56+,59-,60+,61-/m1/s1. The van der Waals surface area contributed by atoms with Crippen LogP contribution in [-0.4, -0.2) is 142 Å². The summed E-state index contributed by atoms with van der Waals surface area (Å²) >= 11 is 0. The van der Waals surface area contributed by atoms with Crippen LogP contribution in [0.5, 0.6) is 0 Å². The molecule has 4 fully saturated rings. The van der Waals surface area contributed by atoms with Crippen LogP contribution in [0.25, 0.3) is 0 Å². The van der Waals surface area contributed by atoms with Gasteiger partial charge in [0.25, 0.3) is 0 Å². The molecule has 2 saturated heterocycles. The molecule has 2 bridgehead atoms. The molecule has 6 rings (SSSR count). The highest BCUT2D eigenvalue weighted by molar-refractivity contribution is 6.75. The van der Waals surface area contributed by atoms with Gasteiger partial charge in [-0.15, -0.1) is 0 Å². The van der Waals surface area contributed by atoms with Gasteiger partial charge in [0, 0.05) is 38.5 Å².